The normalized spacial score (nSPS) is 21.9. The van der Waals surface area contributed by atoms with Gasteiger partial charge < -0.3 is 10.4 Å². The largest absolute Gasteiger partial charge is 0.393 e. The molecule has 186 valence electrons. The van der Waals surface area contributed by atoms with Crippen molar-refractivity contribution in [3.05, 3.63) is 64.7 Å². The van der Waals surface area contributed by atoms with Crippen molar-refractivity contribution in [2.45, 2.75) is 34.8 Å². The number of nitrogens with one attached hydrogen (secondary N) is 1. The maximum absolute atomic E-state index is 13.3. The van der Waals surface area contributed by atoms with Crippen molar-refractivity contribution in [3.8, 4) is 0 Å². The van der Waals surface area contributed by atoms with Crippen molar-refractivity contribution in [3.63, 3.8) is 0 Å². The van der Waals surface area contributed by atoms with Gasteiger partial charge in [0.05, 0.1) is 36.5 Å². The number of ketones is 1. The smallest absolute Gasteiger partial charge is 0.333 e. The molecule has 1 aromatic carbocycles. The van der Waals surface area contributed by atoms with Crippen molar-refractivity contribution in [2.75, 3.05) is 11.9 Å². The predicted octanol–water partition coefficient (Wildman–Crippen LogP) is 1.70. The van der Waals surface area contributed by atoms with Crippen LogP contribution in [0.1, 0.15) is 28.1 Å². The van der Waals surface area contributed by atoms with Crippen LogP contribution in [0.4, 0.5) is 5.82 Å². The zero-order chi connectivity index (χ0) is 25.2. The second-order valence-electron chi connectivity index (χ2n) is 7.99. The first-order valence-corrected chi connectivity index (χ1v) is 15.2. The lowest BCUT2D eigenvalue weighted by Crippen LogP contribution is -2.24. The van der Waals surface area contributed by atoms with E-state index < -0.39 is 30.8 Å². The van der Waals surface area contributed by atoms with E-state index in [1.807, 2.05) is 0 Å². The third-order valence-corrected chi connectivity index (χ3v) is 10.0. The summed E-state index contributed by atoms with van der Waals surface area (Å²) in [4.78, 5) is 22.6. The van der Waals surface area contributed by atoms with E-state index in [1.165, 1.54) is 18.6 Å². The Morgan fingerprint density at radius 2 is 1.97 bits per heavy atom. The number of carbonyl (C=O) groups excluding carboxylic acids is 1. The van der Waals surface area contributed by atoms with Crippen LogP contribution in [0, 0.1) is 5.92 Å². The maximum Gasteiger partial charge on any atom is 0.333 e. The fourth-order valence-corrected chi connectivity index (χ4v) is 7.54. The van der Waals surface area contributed by atoms with Crippen LogP contribution < -0.4 is 10.5 Å². The second-order valence-corrected chi connectivity index (χ2v) is 13.5. The molecule has 2 aromatic heterocycles. The Morgan fingerprint density at radius 1 is 1.23 bits per heavy atom. The molecule has 2 heterocycles. The molecule has 1 aliphatic rings. The van der Waals surface area contributed by atoms with Gasteiger partial charge in [-0.15, -0.1) is 11.3 Å². The highest BCUT2D eigenvalue weighted by atomic mass is 32.8. The molecular weight excluding hydrogens is 533 g/mol. The van der Waals surface area contributed by atoms with Crippen molar-refractivity contribution in [1.29, 1.82) is 0 Å². The number of aliphatic hydroxyl groups excluding tert-OH is 1. The summed E-state index contributed by atoms with van der Waals surface area (Å²) in [7, 11) is -7.05. The van der Waals surface area contributed by atoms with Crippen LogP contribution >= 0.6 is 11.3 Å². The van der Waals surface area contributed by atoms with E-state index in [0.717, 1.165) is 11.3 Å². The minimum Gasteiger partial charge on any atom is -0.393 e. The van der Waals surface area contributed by atoms with Gasteiger partial charge in [0.2, 0.25) is 5.78 Å². The minimum absolute atomic E-state index is 0.204. The molecule has 0 radical (unpaired) electrons. The number of aromatic nitrogens is 2. The number of rotatable bonds is 9. The minimum atomic E-state index is -4.11. The van der Waals surface area contributed by atoms with Gasteiger partial charge in [0.15, 0.2) is 0 Å². The molecular formula is C21H22N4O6S4. The van der Waals surface area contributed by atoms with E-state index in [0.29, 0.717) is 27.5 Å². The van der Waals surface area contributed by atoms with Gasteiger partial charge in [-0.3, -0.25) is 8.98 Å². The summed E-state index contributed by atoms with van der Waals surface area (Å²) in [5, 5.41) is 19.9. The number of hydrogen-bond acceptors (Lipinski definition) is 11. The lowest BCUT2D eigenvalue weighted by atomic mass is 10.1. The van der Waals surface area contributed by atoms with E-state index in [1.54, 1.807) is 35.7 Å². The number of carbonyl (C=O) groups is 1. The van der Waals surface area contributed by atoms with Crippen LogP contribution in [-0.4, -0.2) is 52.2 Å². The van der Waals surface area contributed by atoms with Crippen LogP contribution in [0.3, 0.4) is 0 Å². The standard InChI is InChI=1S/C21H22N4O6S4/c22-35(29,30)31-10-13-6-14(7-18(13)26)25-21-17(9-23-12-24-21)20(27)19-8-16(11-33-19)34(28,32)15-4-2-1-3-5-15/h1-5,8-9,11-14,18,26H,6-7,10H2,(H2,22,29,30)(H,23,24,25)/t13-,14-,18+,34?/m1/s1. The van der Waals surface area contributed by atoms with Gasteiger partial charge in [-0.25, -0.2) is 19.3 Å². The summed E-state index contributed by atoms with van der Waals surface area (Å²) < 4.78 is 39.9. The summed E-state index contributed by atoms with van der Waals surface area (Å²) in [6.07, 6.45) is 2.54. The highest BCUT2D eigenvalue weighted by Crippen LogP contribution is 2.31. The third-order valence-electron chi connectivity index (χ3n) is 5.56. The molecule has 0 amide bonds. The molecule has 1 unspecified atom stereocenters. The Morgan fingerprint density at radius 3 is 2.69 bits per heavy atom. The maximum atomic E-state index is 13.3. The van der Waals surface area contributed by atoms with Gasteiger partial charge in [-0.05, 0) is 42.2 Å². The van der Waals surface area contributed by atoms with Crippen molar-refractivity contribution in [1.82, 2.24) is 9.97 Å². The number of aliphatic hydroxyl groups is 1. The fraction of sp³-hybridized carbons (Fsp3) is 0.286. The molecule has 0 bridgehead atoms. The molecule has 0 aliphatic heterocycles. The molecule has 14 heteroatoms. The SMILES string of the molecule is NS(=O)(=O)OC[C@H]1C[C@@H](Nc2ncncc2C(=O)c2cc(S(=O)(=S)c3ccccc3)cs2)C[C@@H]1O. The summed E-state index contributed by atoms with van der Waals surface area (Å²) in [5.41, 5.74) is 0.204. The Hall–Kier alpha value is -2.33. The predicted molar refractivity (Wildman–Crippen MR) is 133 cm³/mol. The van der Waals surface area contributed by atoms with Crippen LogP contribution in [0.2, 0.25) is 0 Å². The highest BCUT2D eigenvalue weighted by molar-refractivity contribution is 8.33. The van der Waals surface area contributed by atoms with Crippen LogP contribution in [0.25, 0.3) is 0 Å². The number of nitrogens with zero attached hydrogens (tertiary/aromatic N) is 2. The summed E-state index contributed by atoms with van der Waals surface area (Å²) >= 11 is 6.52. The van der Waals surface area contributed by atoms with Crippen LogP contribution in [-0.2, 0) is 34.2 Å². The number of nitrogens with two attached hydrogens (primary N) is 1. The molecule has 1 saturated carbocycles. The van der Waals surface area contributed by atoms with E-state index in [4.69, 9.17) is 16.3 Å². The lowest BCUT2D eigenvalue weighted by molar-refractivity contribution is 0.101. The van der Waals surface area contributed by atoms with Gasteiger partial charge >= 0.3 is 10.3 Å². The van der Waals surface area contributed by atoms with Gasteiger partial charge in [-0.2, -0.15) is 8.42 Å². The van der Waals surface area contributed by atoms with Crippen LogP contribution in [0.5, 0.6) is 0 Å². The fourth-order valence-electron chi connectivity index (χ4n) is 3.83. The van der Waals surface area contributed by atoms with E-state index in [9.17, 15) is 22.5 Å². The lowest BCUT2D eigenvalue weighted by Gasteiger charge is -2.15. The topological polar surface area (TPSA) is 162 Å². The molecule has 4 N–H and O–H groups in total. The van der Waals surface area contributed by atoms with Gasteiger partial charge in [0, 0.05) is 28.4 Å². The second kappa shape index (κ2) is 10.3. The average molecular weight is 555 g/mol. The zero-order valence-corrected chi connectivity index (χ0v) is 21.4. The summed E-state index contributed by atoms with van der Waals surface area (Å²) in [6, 6.07) is 9.95. The van der Waals surface area contributed by atoms with Crippen LogP contribution in [0.15, 0.2) is 64.1 Å². The van der Waals surface area contributed by atoms with E-state index >= 15 is 0 Å². The van der Waals surface area contributed by atoms with Crippen molar-refractivity contribution in [2.24, 2.45) is 11.1 Å². The number of benzene rings is 1. The number of thiophene rings is 1. The first-order chi connectivity index (χ1) is 16.5. The quantitative estimate of drug-likeness (QED) is 0.332. The summed E-state index contributed by atoms with van der Waals surface area (Å²) in [6.45, 7) is -0.243. The zero-order valence-electron chi connectivity index (χ0n) is 18.1. The van der Waals surface area contributed by atoms with Crippen molar-refractivity contribution < 1.29 is 26.7 Å². The molecule has 4 rings (SSSR count). The molecule has 35 heavy (non-hydrogen) atoms. The van der Waals surface area contributed by atoms with Gasteiger partial charge in [0.25, 0.3) is 0 Å². The molecule has 4 atom stereocenters. The Bertz CT molecular complexity index is 1430. The van der Waals surface area contributed by atoms with Gasteiger partial charge in [0.1, 0.15) is 12.1 Å². The summed E-state index contributed by atoms with van der Waals surface area (Å²) in [5.74, 6) is -0.549. The molecule has 3 aromatic rings. The molecule has 10 nitrogen and oxygen atoms in total. The first kappa shape index (κ1) is 25.8. The third kappa shape index (κ3) is 6.09. The molecule has 0 spiro atoms. The molecule has 0 saturated heterocycles. The Kier molecular flexibility index (Phi) is 7.61. The molecule has 1 aliphatic carbocycles. The number of hydrogen-bond donors (Lipinski definition) is 3. The van der Waals surface area contributed by atoms with Gasteiger partial charge in [-0.1, -0.05) is 18.2 Å². The Balaban J connectivity index is 1.51. The Labute approximate surface area is 211 Å². The first-order valence-electron chi connectivity index (χ1n) is 10.4. The average Bonchev–Trinajstić information content (AvgIpc) is 3.45. The number of anilines is 1. The monoisotopic (exact) mass is 554 g/mol. The van der Waals surface area contributed by atoms with E-state index in [2.05, 4.69) is 19.5 Å². The van der Waals surface area contributed by atoms with Crippen molar-refractivity contribution >= 4 is 52.9 Å². The molecule has 1 fully saturated rings. The highest BCUT2D eigenvalue weighted by Gasteiger charge is 2.35. The van der Waals surface area contributed by atoms with E-state index in [-0.39, 0.29) is 29.8 Å².